The van der Waals surface area contributed by atoms with Gasteiger partial charge in [0.2, 0.25) is 5.91 Å². The van der Waals surface area contributed by atoms with E-state index in [9.17, 15) is 4.79 Å². The number of methoxy groups -OCH3 is 2. The number of hydrogen-bond acceptors (Lipinski definition) is 7. The van der Waals surface area contributed by atoms with Crippen molar-refractivity contribution in [2.45, 2.75) is 11.9 Å². The van der Waals surface area contributed by atoms with Gasteiger partial charge in [0.05, 0.1) is 25.0 Å². The van der Waals surface area contributed by atoms with E-state index in [1.54, 1.807) is 18.3 Å². The molecule has 0 saturated heterocycles. The molecule has 1 N–H and O–H groups in total. The van der Waals surface area contributed by atoms with Crippen LogP contribution in [0.15, 0.2) is 53.8 Å². The predicted octanol–water partition coefficient (Wildman–Crippen LogP) is 4.98. The second-order valence-corrected chi connectivity index (χ2v) is 7.48. The third kappa shape index (κ3) is 5.55. The van der Waals surface area contributed by atoms with Gasteiger partial charge < -0.3 is 19.5 Å². The van der Waals surface area contributed by atoms with Crippen LogP contribution in [0.2, 0.25) is 5.02 Å². The van der Waals surface area contributed by atoms with Crippen LogP contribution in [0.3, 0.4) is 0 Å². The standard InChI is InChI=1S/C21H20ClN3O4S/c1-13-4-6-14(7-5-13)29-20-21(24-9-8-23-20)30-12-18(26)25-19-16(22)10-15(27-2)11-17(19)28-3/h4-11H,12H2,1-3H3,(H,25,26). The number of hydrogen-bond donors (Lipinski definition) is 1. The first kappa shape index (κ1) is 21.7. The van der Waals surface area contributed by atoms with Crippen molar-refractivity contribution in [1.82, 2.24) is 9.97 Å². The number of thioether (sulfide) groups is 1. The molecule has 1 amide bonds. The molecule has 156 valence electrons. The van der Waals surface area contributed by atoms with Crippen LogP contribution in [-0.4, -0.2) is 35.8 Å². The summed E-state index contributed by atoms with van der Waals surface area (Å²) in [5.74, 6) is 1.70. The number of rotatable bonds is 8. The first-order valence-electron chi connectivity index (χ1n) is 8.90. The van der Waals surface area contributed by atoms with Gasteiger partial charge in [-0.15, -0.1) is 0 Å². The lowest BCUT2D eigenvalue weighted by Crippen LogP contribution is -2.15. The number of anilines is 1. The molecule has 0 aliphatic carbocycles. The van der Waals surface area contributed by atoms with Crippen molar-refractivity contribution in [2.24, 2.45) is 0 Å². The van der Waals surface area contributed by atoms with Gasteiger partial charge in [-0.3, -0.25) is 4.79 Å². The summed E-state index contributed by atoms with van der Waals surface area (Å²) in [6.45, 7) is 2.00. The van der Waals surface area contributed by atoms with Gasteiger partial charge in [0, 0.05) is 24.5 Å². The highest BCUT2D eigenvalue weighted by Gasteiger charge is 2.16. The van der Waals surface area contributed by atoms with E-state index in [0.29, 0.717) is 38.9 Å². The van der Waals surface area contributed by atoms with Gasteiger partial charge >= 0.3 is 0 Å². The third-order valence-electron chi connectivity index (χ3n) is 3.96. The van der Waals surface area contributed by atoms with Gasteiger partial charge in [0.1, 0.15) is 22.9 Å². The first-order chi connectivity index (χ1) is 14.5. The summed E-state index contributed by atoms with van der Waals surface area (Å²) in [4.78, 5) is 21.0. The average molecular weight is 446 g/mol. The van der Waals surface area contributed by atoms with Crippen molar-refractivity contribution < 1.29 is 19.0 Å². The molecule has 0 saturated carbocycles. The lowest BCUT2D eigenvalue weighted by Gasteiger charge is -2.14. The van der Waals surface area contributed by atoms with Crippen LogP contribution in [0.1, 0.15) is 5.56 Å². The second-order valence-electron chi connectivity index (χ2n) is 6.11. The van der Waals surface area contributed by atoms with E-state index < -0.39 is 0 Å². The third-order valence-corrected chi connectivity index (χ3v) is 5.21. The molecule has 7 nitrogen and oxygen atoms in total. The Labute approximate surface area is 183 Å². The van der Waals surface area contributed by atoms with Crippen molar-refractivity contribution in [3.05, 3.63) is 59.4 Å². The lowest BCUT2D eigenvalue weighted by atomic mass is 10.2. The quantitative estimate of drug-likeness (QED) is 0.489. The Balaban J connectivity index is 1.68. The van der Waals surface area contributed by atoms with Gasteiger partial charge in [-0.2, -0.15) is 0 Å². The zero-order valence-corrected chi connectivity index (χ0v) is 18.2. The molecule has 2 aromatic carbocycles. The topological polar surface area (TPSA) is 82.6 Å². The van der Waals surface area contributed by atoms with E-state index in [-0.39, 0.29) is 11.7 Å². The summed E-state index contributed by atoms with van der Waals surface area (Å²) >= 11 is 7.46. The number of carbonyl (C=O) groups is 1. The number of nitrogens with zero attached hydrogens (tertiary/aromatic N) is 2. The van der Waals surface area contributed by atoms with Gasteiger partial charge in [0.15, 0.2) is 5.03 Å². The summed E-state index contributed by atoms with van der Waals surface area (Å²) in [6, 6.07) is 10.8. The summed E-state index contributed by atoms with van der Waals surface area (Å²) in [7, 11) is 3.01. The number of benzene rings is 2. The van der Waals surface area contributed by atoms with Gasteiger partial charge in [-0.1, -0.05) is 41.1 Å². The van der Waals surface area contributed by atoms with Gasteiger partial charge in [0.25, 0.3) is 5.88 Å². The number of aryl methyl sites for hydroxylation is 1. The minimum atomic E-state index is -0.280. The van der Waals surface area contributed by atoms with Crippen molar-refractivity contribution in [3.63, 3.8) is 0 Å². The molecule has 0 aliphatic rings. The molecule has 0 atom stereocenters. The Kier molecular flexibility index (Phi) is 7.37. The normalized spacial score (nSPS) is 10.4. The molecule has 0 aliphatic heterocycles. The van der Waals surface area contributed by atoms with Gasteiger partial charge in [-0.05, 0) is 19.1 Å². The molecule has 3 rings (SSSR count). The number of halogens is 1. The van der Waals surface area contributed by atoms with E-state index in [1.165, 1.54) is 32.2 Å². The predicted molar refractivity (Wildman–Crippen MR) is 117 cm³/mol. The molecule has 0 fully saturated rings. The molecule has 1 heterocycles. The van der Waals surface area contributed by atoms with Crippen LogP contribution in [0.5, 0.6) is 23.1 Å². The molecule has 0 radical (unpaired) electrons. The molecule has 0 unspecified atom stereocenters. The Bertz CT molecular complexity index is 1030. The Morgan fingerprint density at radius 2 is 1.80 bits per heavy atom. The van der Waals surface area contributed by atoms with Crippen molar-refractivity contribution in [1.29, 1.82) is 0 Å². The monoisotopic (exact) mass is 445 g/mol. The SMILES string of the molecule is COc1cc(Cl)c(NC(=O)CSc2nccnc2Oc2ccc(C)cc2)c(OC)c1. The highest BCUT2D eigenvalue weighted by molar-refractivity contribution is 8.00. The van der Waals surface area contributed by atoms with Crippen molar-refractivity contribution in [3.8, 4) is 23.1 Å². The summed E-state index contributed by atoms with van der Waals surface area (Å²) in [5, 5.41) is 3.58. The van der Waals surface area contributed by atoms with Crippen molar-refractivity contribution >= 4 is 35.0 Å². The van der Waals surface area contributed by atoms with E-state index in [2.05, 4.69) is 15.3 Å². The van der Waals surface area contributed by atoms with Crippen LogP contribution in [0.25, 0.3) is 0 Å². The molecular weight excluding hydrogens is 426 g/mol. The molecule has 3 aromatic rings. The molecule has 1 aromatic heterocycles. The maximum absolute atomic E-state index is 12.5. The van der Waals surface area contributed by atoms with Crippen LogP contribution in [0.4, 0.5) is 5.69 Å². The number of amides is 1. The maximum atomic E-state index is 12.5. The van der Waals surface area contributed by atoms with Crippen LogP contribution in [0, 0.1) is 6.92 Å². The minimum Gasteiger partial charge on any atom is -0.497 e. The molecule has 0 spiro atoms. The number of carbonyl (C=O) groups excluding carboxylic acids is 1. The van der Waals surface area contributed by atoms with Crippen LogP contribution < -0.4 is 19.5 Å². The Morgan fingerprint density at radius 1 is 1.07 bits per heavy atom. The summed E-state index contributed by atoms with van der Waals surface area (Å²) < 4.78 is 16.3. The molecule has 0 bridgehead atoms. The van der Waals surface area contributed by atoms with E-state index in [1.807, 2.05) is 31.2 Å². The minimum absolute atomic E-state index is 0.0778. The highest BCUT2D eigenvalue weighted by Crippen LogP contribution is 2.37. The van der Waals surface area contributed by atoms with Crippen molar-refractivity contribution in [2.75, 3.05) is 25.3 Å². The molecular formula is C21H20ClN3O4S. The van der Waals surface area contributed by atoms with E-state index >= 15 is 0 Å². The summed E-state index contributed by atoms with van der Waals surface area (Å²) in [5.41, 5.74) is 1.50. The zero-order chi connectivity index (χ0) is 21.5. The largest absolute Gasteiger partial charge is 0.497 e. The smallest absolute Gasteiger partial charge is 0.252 e. The maximum Gasteiger partial charge on any atom is 0.252 e. The zero-order valence-electron chi connectivity index (χ0n) is 16.6. The fourth-order valence-electron chi connectivity index (χ4n) is 2.47. The molecule has 9 heteroatoms. The first-order valence-corrected chi connectivity index (χ1v) is 10.3. The Hall–Kier alpha value is -2.97. The van der Waals surface area contributed by atoms with Gasteiger partial charge in [-0.25, -0.2) is 9.97 Å². The van der Waals surface area contributed by atoms with Crippen LogP contribution in [-0.2, 0) is 4.79 Å². The summed E-state index contributed by atoms with van der Waals surface area (Å²) in [6.07, 6.45) is 3.08. The fraction of sp³-hybridized carbons (Fsp3) is 0.190. The second kappa shape index (κ2) is 10.2. The highest BCUT2D eigenvalue weighted by atomic mass is 35.5. The number of aromatic nitrogens is 2. The number of nitrogens with one attached hydrogen (secondary N) is 1. The van der Waals surface area contributed by atoms with Crippen LogP contribution >= 0.6 is 23.4 Å². The fourth-order valence-corrected chi connectivity index (χ4v) is 3.41. The lowest BCUT2D eigenvalue weighted by molar-refractivity contribution is -0.113. The van der Waals surface area contributed by atoms with E-state index in [4.69, 9.17) is 25.8 Å². The Morgan fingerprint density at radius 3 is 2.50 bits per heavy atom. The molecule has 30 heavy (non-hydrogen) atoms. The van der Waals surface area contributed by atoms with E-state index in [0.717, 1.165) is 5.56 Å². The number of ether oxygens (including phenoxy) is 3. The average Bonchev–Trinajstić information content (AvgIpc) is 2.76.